The van der Waals surface area contributed by atoms with E-state index in [2.05, 4.69) is 10.2 Å². The van der Waals surface area contributed by atoms with Crippen molar-refractivity contribution in [3.63, 3.8) is 0 Å². The molecule has 1 aromatic heterocycles. The molecule has 0 spiro atoms. The predicted octanol–water partition coefficient (Wildman–Crippen LogP) is 5.88. The fourth-order valence-electron chi connectivity index (χ4n) is 3.20. The average molecular weight is 450 g/mol. The second-order valence-corrected chi connectivity index (χ2v) is 8.20. The molecule has 0 aliphatic rings. The van der Waals surface area contributed by atoms with E-state index >= 15 is 0 Å². The van der Waals surface area contributed by atoms with Gasteiger partial charge in [-0.15, -0.1) is 10.2 Å². The third kappa shape index (κ3) is 4.50. The first-order valence-electron chi connectivity index (χ1n) is 9.65. The minimum Gasteiger partial charge on any atom is -0.497 e. The van der Waals surface area contributed by atoms with Crippen molar-refractivity contribution < 1.29 is 9.53 Å². The first kappa shape index (κ1) is 21.2. The van der Waals surface area contributed by atoms with Gasteiger partial charge in [-0.1, -0.05) is 53.7 Å². The maximum absolute atomic E-state index is 12.7. The van der Waals surface area contributed by atoms with Crippen LogP contribution in [0.3, 0.4) is 0 Å². The number of carbonyl (C=O) groups is 1. The maximum atomic E-state index is 12.7. The molecule has 0 saturated heterocycles. The Labute approximate surface area is 190 Å². The van der Waals surface area contributed by atoms with Crippen molar-refractivity contribution in [1.82, 2.24) is 14.8 Å². The summed E-state index contributed by atoms with van der Waals surface area (Å²) in [6.45, 7) is 2.03. The van der Waals surface area contributed by atoms with E-state index in [4.69, 9.17) is 16.3 Å². The number of thioether (sulfide) groups is 1. The Morgan fingerprint density at radius 2 is 1.71 bits per heavy atom. The quantitative estimate of drug-likeness (QED) is 0.260. The van der Waals surface area contributed by atoms with Gasteiger partial charge in [-0.25, -0.2) is 0 Å². The maximum Gasteiger partial charge on any atom is 0.196 e. The van der Waals surface area contributed by atoms with E-state index in [0.29, 0.717) is 27.3 Å². The van der Waals surface area contributed by atoms with Gasteiger partial charge in [-0.2, -0.15) is 0 Å². The van der Waals surface area contributed by atoms with E-state index < -0.39 is 0 Å². The van der Waals surface area contributed by atoms with Crippen LogP contribution in [-0.2, 0) is 0 Å². The number of halogens is 1. The van der Waals surface area contributed by atoms with E-state index in [1.807, 2.05) is 60.0 Å². The van der Waals surface area contributed by atoms with Gasteiger partial charge in [0.05, 0.1) is 23.6 Å². The summed E-state index contributed by atoms with van der Waals surface area (Å²) in [5.41, 5.74) is 3.43. The van der Waals surface area contributed by atoms with E-state index in [9.17, 15) is 4.79 Å². The number of hydrogen-bond acceptors (Lipinski definition) is 5. The van der Waals surface area contributed by atoms with Gasteiger partial charge in [0.25, 0.3) is 0 Å². The lowest BCUT2D eigenvalue weighted by molar-refractivity contribution is 0.102. The molecule has 0 atom stereocenters. The smallest absolute Gasteiger partial charge is 0.196 e. The summed E-state index contributed by atoms with van der Waals surface area (Å²) < 4.78 is 7.12. The van der Waals surface area contributed by atoms with Crippen molar-refractivity contribution in [3.05, 3.63) is 88.9 Å². The summed E-state index contributed by atoms with van der Waals surface area (Å²) in [6, 6.07) is 22.6. The average Bonchev–Trinajstić information content (AvgIpc) is 3.21. The Balaban J connectivity index is 1.68. The molecule has 3 aromatic carbocycles. The minimum absolute atomic E-state index is 0.00581. The summed E-state index contributed by atoms with van der Waals surface area (Å²) in [7, 11) is 1.60. The molecule has 0 aliphatic carbocycles. The lowest BCUT2D eigenvalue weighted by Crippen LogP contribution is -2.06. The largest absolute Gasteiger partial charge is 0.497 e. The molecule has 5 nitrogen and oxygen atoms in total. The number of hydrogen-bond donors (Lipinski definition) is 0. The molecule has 0 radical (unpaired) electrons. The Morgan fingerprint density at radius 3 is 2.42 bits per heavy atom. The van der Waals surface area contributed by atoms with Gasteiger partial charge in [-0.05, 0) is 55.0 Å². The molecular formula is C24H20ClN3O2S. The second-order valence-electron chi connectivity index (χ2n) is 6.85. The molecule has 0 N–H and O–H groups in total. The SMILES string of the molecule is COc1ccc(C(=O)CSc2nnc(-c3ccccc3Cl)n2-c2ccccc2C)cc1. The van der Waals surface area contributed by atoms with E-state index in [1.165, 1.54) is 11.8 Å². The zero-order valence-corrected chi connectivity index (χ0v) is 18.7. The van der Waals surface area contributed by atoms with Gasteiger partial charge < -0.3 is 4.74 Å². The van der Waals surface area contributed by atoms with Crippen LogP contribution >= 0.6 is 23.4 Å². The Kier molecular flexibility index (Phi) is 6.39. The zero-order chi connectivity index (χ0) is 21.8. The van der Waals surface area contributed by atoms with Gasteiger partial charge in [0.2, 0.25) is 0 Å². The molecule has 31 heavy (non-hydrogen) atoms. The molecule has 0 amide bonds. The number of methoxy groups -OCH3 is 1. The first-order chi connectivity index (χ1) is 15.1. The van der Waals surface area contributed by atoms with Crippen LogP contribution in [0.1, 0.15) is 15.9 Å². The van der Waals surface area contributed by atoms with E-state index in [0.717, 1.165) is 16.8 Å². The van der Waals surface area contributed by atoms with Crippen LogP contribution in [0.4, 0.5) is 0 Å². The van der Waals surface area contributed by atoms with Crippen LogP contribution < -0.4 is 4.74 Å². The Hall–Kier alpha value is -3.09. The van der Waals surface area contributed by atoms with Gasteiger partial charge in [0.1, 0.15) is 5.75 Å². The number of carbonyl (C=O) groups excluding carboxylic acids is 1. The first-order valence-corrected chi connectivity index (χ1v) is 11.0. The van der Waals surface area contributed by atoms with Gasteiger partial charge in [0, 0.05) is 11.1 Å². The molecule has 156 valence electrons. The van der Waals surface area contributed by atoms with Crippen LogP contribution in [-0.4, -0.2) is 33.4 Å². The van der Waals surface area contributed by atoms with Gasteiger partial charge >= 0.3 is 0 Å². The number of aryl methyl sites for hydroxylation is 1. The molecule has 4 rings (SSSR count). The lowest BCUT2D eigenvalue weighted by atomic mass is 10.1. The third-order valence-electron chi connectivity index (χ3n) is 4.85. The molecule has 4 aromatic rings. The lowest BCUT2D eigenvalue weighted by Gasteiger charge is -2.13. The fraction of sp³-hybridized carbons (Fsp3) is 0.125. The number of nitrogens with zero attached hydrogens (tertiary/aromatic N) is 3. The summed E-state index contributed by atoms with van der Waals surface area (Å²) in [4.78, 5) is 12.7. The van der Waals surface area contributed by atoms with Gasteiger partial charge in [0.15, 0.2) is 16.8 Å². The van der Waals surface area contributed by atoms with Crippen molar-refractivity contribution in [1.29, 1.82) is 0 Å². The molecule has 0 unspecified atom stereocenters. The zero-order valence-electron chi connectivity index (χ0n) is 17.1. The summed E-state index contributed by atoms with van der Waals surface area (Å²) in [6.07, 6.45) is 0. The van der Waals surface area contributed by atoms with Crippen LogP contribution in [0.2, 0.25) is 5.02 Å². The number of ether oxygens (including phenoxy) is 1. The molecule has 1 heterocycles. The normalized spacial score (nSPS) is 10.8. The highest BCUT2D eigenvalue weighted by atomic mass is 35.5. The third-order valence-corrected chi connectivity index (χ3v) is 6.11. The summed E-state index contributed by atoms with van der Waals surface area (Å²) >= 11 is 7.80. The highest BCUT2D eigenvalue weighted by Crippen LogP contribution is 2.33. The van der Waals surface area contributed by atoms with Crippen molar-refractivity contribution in [2.24, 2.45) is 0 Å². The van der Waals surface area contributed by atoms with Crippen LogP contribution in [0.25, 0.3) is 17.1 Å². The highest BCUT2D eigenvalue weighted by molar-refractivity contribution is 7.99. The fourth-order valence-corrected chi connectivity index (χ4v) is 4.26. The minimum atomic E-state index is 0.00581. The molecule has 0 fully saturated rings. The monoisotopic (exact) mass is 449 g/mol. The number of rotatable bonds is 7. The van der Waals surface area contributed by atoms with Crippen molar-refractivity contribution in [2.75, 3.05) is 12.9 Å². The summed E-state index contributed by atoms with van der Waals surface area (Å²) in [5.74, 6) is 1.59. The van der Waals surface area contributed by atoms with Crippen LogP contribution in [0.5, 0.6) is 5.75 Å². The molecule has 0 saturated carbocycles. The number of benzene rings is 3. The second kappa shape index (κ2) is 9.37. The highest BCUT2D eigenvalue weighted by Gasteiger charge is 2.20. The number of ketones is 1. The van der Waals surface area contributed by atoms with E-state index in [1.54, 1.807) is 31.4 Å². The molecule has 0 bridgehead atoms. The Bertz CT molecular complexity index is 1220. The molecule has 7 heteroatoms. The van der Waals surface area contributed by atoms with Gasteiger partial charge in [-0.3, -0.25) is 9.36 Å². The number of Topliss-reactive ketones (excluding diaryl/α,β-unsaturated/α-hetero) is 1. The standard InChI is InChI=1S/C24H20ClN3O2S/c1-16-7-3-6-10-21(16)28-23(19-8-4-5-9-20(19)25)26-27-24(28)31-15-22(29)17-11-13-18(30-2)14-12-17/h3-14H,15H2,1-2H3. The number of para-hydroxylation sites is 1. The van der Waals surface area contributed by atoms with Crippen LogP contribution in [0.15, 0.2) is 78.0 Å². The van der Waals surface area contributed by atoms with Crippen LogP contribution in [0, 0.1) is 6.92 Å². The van der Waals surface area contributed by atoms with E-state index in [-0.39, 0.29) is 11.5 Å². The molecule has 0 aliphatic heterocycles. The van der Waals surface area contributed by atoms with Crippen molar-refractivity contribution in [2.45, 2.75) is 12.1 Å². The predicted molar refractivity (Wildman–Crippen MR) is 125 cm³/mol. The topological polar surface area (TPSA) is 57.0 Å². The molecular weight excluding hydrogens is 430 g/mol. The Morgan fingerprint density at radius 1 is 1.00 bits per heavy atom. The van der Waals surface area contributed by atoms with Crippen molar-refractivity contribution in [3.8, 4) is 22.8 Å². The summed E-state index contributed by atoms with van der Waals surface area (Å²) in [5, 5.41) is 10.0. The number of aromatic nitrogens is 3. The van der Waals surface area contributed by atoms with Crippen molar-refractivity contribution >= 4 is 29.1 Å².